The number of hydrogen-bond donors (Lipinski definition) is 2. The molecule has 86 valence electrons. The minimum absolute atomic E-state index is 0.386. The molecule has 0 radical (unpaired) electrons. The zero-order valence-electron chi connectivity index (χ0n) is 8.06. The number of aliphatic carboxylic acids is 2. The molecule has 0 aromatic rings. The predicted molar refractivity (Wildman–Crippen MR) is 45.0 cm³/mol. The van der Waals surface area contributed by atoms with E-state index in [1.54, 1.807) is 0 Å². The summed E-state index contributed by atoms with van der Waals surface area (Å²) in [5, 5.41) is 38.8. The third kappa shape index (κ3) is 2.77. The molecule has 0 atom stereocenters. The molecule has 0 aliphatic heterocycles. The number of carboxylic acid groups (broad SMARTS) is 2. The summed E-state index contributed by atoms with van der Waals surface area (Å²) in [7, 11) is 0. The van der Waals surface area contributed by atoms with E-state index in [1.807, 2.05) is 0 Å². The summed E-state index contributed by atoms with van der Waals surface area (Å²) in [4.78, 5) is 21.4. The van der Waals surface area contributed by atoms with Crippen LogP contribution in [0.2, 0.25) is 0 Å². The van der Waals surface area contributed by atoms with Crippen molar-refractivity contribution in [1.29, 1.82) is 0 Å². The lowest BCUT2D eigenvalue weighted by atomic mass is 9.75. The topological polar surface area (TPSA) is 121 Å². The average Bonchev–Trinajstić information content (AvgIpc) is 2.15. The lowest BCUT2D eigenvalue weighted by Crippen LogP contribution is -2.48. The Morgan fingerprint density at radius 1 is 1.13 bits per heavy atom. The Labute approximate surface area is 86.5 Å². The molecule has 0 aromatic heterocycles. The molecule has 0 unspecified atom stereocenters. The molecule has 0 amide bonds. The van der Waals surface area contributed by atoms with Gasteiger partial charge in [0.25, 0.3) is 0 Å². The van der Waals surface area contributed by atoms with Crippen LogP contribution in [-0.4, -0.2) is 35.4 Å². The van der Waals surface area contributed by atoms with E-state index in [2.05, 4.69) is 6.58 Å². The maximum atomic E-state index is 10.9. The average molecular weight is 216 g/mol. The number of hydrogen-bond acceptors (Lipinski definition) is 6. The molecule has 0 saturated heterocycles. The normalized spacial score (nSPS) is 11.1. The van der Waals surface area contributed by atoms with Gasteiger partial charge in [-0.1, -0.05) is 6.58 Å². The van der Waals surface area contributed by atoms with Crippen molar-refractivity contribution in [2.75, 3.05) is 13.2 Å². The van der Waals surface area contributed by atoms with Gasteiger partial charge >= 0.3 is 0 Å². The second-order valence-corrected chi connectivity index (χ2v) is 3.08. The second-order valence-electron chi connectivity index (χ2n) is 3.08. The summed E-state index contributed by atoms with van der Waals surface area (Å²) < 4.78 is 0. The Balaban J connectivity index is 5.19. The summed E-state index contributed by atoms with van der Waals surface area (Å²) in [6, 6.07) is 0. The van der Waals surface area contributed by atoms with Crippen molar-refractivity contribution in [2.24, 2.45) is 5.41 Å². The van der Waals surface area contributed by atoms with Crippen molar-refractivity contribution in [2.45, 2.75) is 12.8 Å². The maximum absolute atomic E-state index is 10.9. The fourth-order valence-electron chi connectivity index (χ4n) is 1.33. The summed E-state index contributed by atoms with van der Waals surface area (Å²) in [6.45, 7) is 1.97. The van der Waals surface area contributed by atoms with Crippen LogP contribution in [0.15, 0.2) is 12.2 Å². The molecule has 15 heavy (non-hydrogen) atoms. The third-order valence-corrected chi connectivity index (χ3v) is 2.29. The van der Waals surface area contributed by atoms with Crippen molar-refractivity contribution in [3.8, 4) is 0 Å². The zero-order valence-corrected chi connectivity index (χ0v) is 8.06. The van der Waals surface area contributed by atoms with Gasteiger partial charge < -0.3 is 30.0 Å². The molecule has 2 N–H and O–H groups in total. The van der Waals surface area contributed by atoms with Crippen LogP contribution in [0.5, 0.6) is 0 Å². The molecule has 0 bridgehead atoms. The van der Waals surface area contributed by atoms with Gasteiger partial charge in [0.1, 0.15) is 0 Å². The second kappa shape index (κ2) is 5.47. The van der Waals surface area contributed by atoms with E-state index in [4.69, 9.17) is 10.2 Å². The minimum atomic E-state index is -1.97. The van der Waals surface area contributed by atoms with E-state index in [1.165, 1.54) is 0 Å². The number of carbonyl (C=O) groups excluding carboxylic acids is 2. The molecule has 0 heterocycles. The maximum Gasteiger partial charge on any atom is 0.0678 e. The first-order chi connectivity index (χ1) is 6.92. The lowest BCUT2D eigenvalue weighted by molar-refractivity contribution is -0.323. The summed E-state index contributed by atoms with van der Waals surface area (Å²) in [6.07, 6.45) is -0.772. The molecular weight excluding hydrogens is 204 g/mol. The van der Waals surface area contributed by atoms with E-state index in [-0.39, 0.29) is 12.8 Å². The Morgan fingerprint density at radius 3 is 1.73 bits per heavy atom. The van der Waals surface area contributed by atoms with Crippen LogP contribution < -0.4 is 10.2 Å². The van der Waals surface area contributed by atoms with Crippen molar-refractivity contribution < 1.29 is 30.0 Å². The van der Waals surface area contributed by atoms with Crippen molar-refractivity contribution in [3.05, 3.63) is 12.2 Å². The summed E-state index contributed by atoms with van der Waals surface area (Å²) >= 11 is 0. The van der Waals surface area contributed by atoms with Crippen LogP contribution >= 0.6 is 0 Å². The van der Waals surface area contributed by atoms with Crippen LogP contribution in [0.3, 0.4) is 0 Å². The smallest absolute Gasteiger partial charge is 0.0678 e. The quantitative estimate of drug-likeness (QED) is 0.432. The van der Waals surface area contributed by atoms with Crippen LogP contribution in [0.25, 0.3) is 0 Å². The van der Waals surface area contributed by atoms with Crippen LogP contribution in [0.4, 0.5) is 0 Å². The minimum Gasteiger partial charge on any atom is -0.549 e. The van der Waals surface area contributed by atoms with Gasteiger partial charge in [0.05, 0.1) is 11.9 Å². The first-order valence-electron chi connectivity index (χ1n) is 4.26. The van der Waals surface area contributed by atoms with Gasteiger partial charge in [-0.15, -0.1) is 0 Å². The van der Waals surface area contributed by atoms with Crippen LogP contribution in [0.1, 0.15) is 12.8 Å². The van der Waals surface area contributed by atoms with Gasteiger partial charge in [0.2, 0.25) is 0 Å². The monoisotopic (exact) mass is 216 g/mol. The largest absolute Gasteiger partial charge is 0.549 e. The molecule has 6 nitrogen and oxygen atoms in total. The third-order valence-electron chi connectivity index (χ3n) is 2.29. The fraction of sp³-hybridized carbons (Fsp3) is 0.556. The van der Waals surface area contributed by atoms with Crippen molar-refractivity contribution in [1.82, 2.24) is 0 Å². The number of rotatable bonds is 7. The molecule has 0 fully saturated rings. The van der Waals surface area contributed by atoms with Gasteiger partial charge in [-0.2, -0.15) is 0 Å². The standard InChI is InChI=1S/C9H14O6/c1-6(7(12)13)9(2-4-10,3-5-11)8(14)15/h10-11H,1-5H2,(H,12,13)(H,14,15)/p-2. The highest BCUT2D eigenvalue weighted by Crippen LogP contribution is 2.33. The molecule has 0 spiro atoms. The number of carboxylic acids is 2. The van der Waals surface area contributed by atoms with Gasteiger partial charge in [-0.05, 0) is 18.4 Å². The first-order valence-corrected chi connectivity index (χ1v) is 4.26. The Morgan fingerprint density at radius 2 is 1.53 bits per heavy atom. The van der Waals surface area contributed by atoms with E-state index in [9.17, 15) is 19.8 Å². The van der Waals surface area contributed by atoms with E-state index >= 15 is 0 Å². The van der Waals surface area contributed by atoms with E-state index < -0.39 is 36.1 Å². The molecule has 6 heteroatoms. The lowest BCUT2D eigenvalue weighted by Gasteiger charge is -2.36. The Hall–Kier alpha value is -1.40. The highest BCUT2D eigenvalue weighted by atomic mass is 16.4. The number of carbonyl (C=O) groups is 2. The number of aliphatic hydroxyl groups is 2. The predicted octanol–water partition coefficient (Wildman–Crippen LogP) is -3.21. The highest BCUT2D eigenvalue weighted by Gasteiger charge is 2.34. The fourth-order valence-corrected chi connectivity index (χ4v) is 1.33. The Bertz CT molecular complexity index is 264. The molecule has 0 aliphatic rings. The van der Waals surface area contributed by atoms with Gasteiger partial charge in [0, 0.05) is 18.6 Å². The van der Waals surface area contributed by atoms with E-state index in [0.717, 1.165) is 0 Å². The molecular formula is C9H12O6-2. The highest BCUT2D eigenvalue weighted by molar-refractivity contribution is 5.94. The molecule has 0 saturated carbocycles. The first kappa shape index (κ1) is 13.6. The molecule has 0 rings (SSSR count). The van der Waals surface area contributed by atoms with Gasteiger partial charge in [-0.3, -0.25) is 0 Å². The van der Waals surface area contributed by atoms with Crippen molar-refractivity contribution >= 4 is 11.9 Å². The van der Waals surface area contributed by atoms with Crippen LogP contribution in [0, 0.1) is 5.41 Å². The Kier molecular flexibility index (Phi) is 4.96. The summed E-state index contributed by atoms with van der Waals surface area (Å²) in [5.41, 5.74) is -2.67. The summed E-state index contributed by atoms with van der Waals surface area (Å²) in [5.74, 6) is -3.43. The SMILES string of the molecule is C=C(C(=O)[O-])C(CCO)(CCO)C(=O)[O-]. The zero-order chi connectivity index (χ0) is 12.1. The van der Waals surface area contributed by atoms with E-state index in [0.29, 0.717) is 0 Å². The van der Waals surface area contributed by atoms with Gasteiger partial charge in [0.15, 0.2) is 0 Å². The van der Waals surface area contributed by atoms with Gasteiger partial charge in [-0.25, -0.2) is 0 Å². The number of aliphatic hydroxyl groups excluding tert-OH is 2. The molecule has 0 aliphatic carbocycles. The van der Waals surface area contributed by atoms with Crippen LogP contribution in [-0.2, 0) is 9.59 Å². The molecule has 0 aromatic carbocycles. The van der Waals surface area contributed by atoms with Crippen molar-refractivity contribution in [3.63, 3.8) is 0 Å².